The largest absolute Gasteiger partial charge is 0.351 e. The first-order valence-corrected chi connectivity index (χ1v) is 5.42. The molecule has 0 saturated carbocycles. The average molecular weight is 227 g/mol. The van der Waals surface area contributed by atoms with Crippen molar-refractivity contribution < 1.29 is 4.79 Å². The summed E-state index contributed by atoms with van der Waals surface area (Å²) in [4.78, 5) is 15.6. The fourth-order valence-corrected chi connectivity index (χ4v) is 1.13. The topological polar surface area (TPSA) is 42.0 Å². The number of amides is 1. The molecule has 1 aromatic rings. The van der Waals surface area contributed by atoms with Gasteiger partial charge >= 0.3 is 0 Å². The SMILES string of the molecule is CCC(Cl)CNC(=O)c1ccc(C)nc1. The van der Waals surface area contributed by atoms with Gasteiger partial charge in [0, 0.05) is 18.4 Å². The van der Waals surface area contributed by atoms with Crippen molar-refractivity contribution in [3.05, 3.63) is 29.6 Å². The van der Waals surface area contributed by atoms with Crippen molar-refractivity contribution in [1.29, 1.82) is 0 Å². The van der Waals surface area contributed by atoms with Crippen LogP contribution in [0.2, 0.25) is 0 Å². The summed E-state index contributed by atoms with van der Waals surface area (Å²) in [7, 11) is 0. The molecule has 0 aliphatic rings. The molecule has 0 fully saturated rings. The van der Waals surface area contributed by atoms with E-state index in [2.05, 4.69) is 10.3 Å². The highest BCUT2D eigenvalue weighted by atomic mass is 35.5. The lowest BCUT2D eigenvalue weighted by Gasteiger charge is -2.08. The molecule has 1 amide bonds. The quantitative estimate of drug-likeness (QED) is 0.800. The van der Waals surface area contributed by atoms with Gasteiger partial charge in [-0.3, -0.25) is 9.78 Å². The Morgan fingerprint density at radius 1 is 1.60 bits per heavy atom. The molecule has 0 saturated heterocycles. The van der Waals surface area contributed by atoms with E-state index in [0.717, 1.165) is 12.1 Å². The highest BCUT2D eigenvalue weighted by Crippen LogP contribution is 2.01. The van der Waals surface area contributed by atoms with Crippen LogP contribution in [-0.2, 0) is 0 Å². The number of pyridine rings is 1. The van der Waals surface area contributed by atoms with Crippen LogP contribution >= 0.6 is 11.6 Å². The Labute approximate surface area is 94.9 Å². The second-order valence-electron chi connectivity index (χ2n) is 3.40. The van der Waals surface area contributed by atoms with Crippen LogP contribution in [0, 0.1) is 6.92 Å². The molecule has 1 aromatic heterocycles. The molecule has 1 rings (SSSR count). The number of aryl methyl sites for hydroxylation is 1. The van der Waals surface area contributed by atoms with E-state index in [1.54, 1.807) is 12.3 Å². The van der Waals surface area contributed by atoms with Gasteiger partial charge in [0.25, 0.3) is 5.91 Å². The van der Waals surface area contributed by atoms with E-state index >= 15 is 0 Å². The zero-order chi connectivity index (χ0) is 11.3. The normalized spacial score (nSPS) is 12.2. The molecule has 4 heteroatoms. The summed E-state index contributed by atoms with van der Waals surface area (Å²) in [6.45, 7) is 4.36. The Balaban J connectivity index is 2.50. The molecular formula is C11H15ClN2O. The molecule has 0 spiro atoms. The minimum Gasteiger partial charge on any atom is -0.351 e. The van der Waals surface area contributed by atoms with Gasteiger partial charge in [0.2, 0.25) is 0 Å². The van der Waals surface area contributed by atoms with Crippen molar-refractivity contribution in [1.82, 2.24) is 10.3 Å². The Hall–Kier alpha value is -1.09. The molecule has 1 unspecified atom stereocenters. The number of alkyl halides is 1. The van der Waals surface area contributed by atoms with Crippen molar-refractivity contribution in [3.8, 4) is 0 Å². The first kappa shape index (κ1) is 12.0. The van der Waals surface area contributed by atoms with Gasteiger partial charge in [0.15, 0.2) is 0 Å². The smallest absolute Gasteiger partial charge is 0.252 e. The first-order chi connectivity index (χ1) is 7.13. The predicted molar refractivity (Wildman–Crippen MR) is 61.2 cm³/mol. The van der Waals surface area contributed by atoms with Crippen molar-refractivity contribution >= 4 is 17.5 Å². The van der Waals surface area contributed by atoms with Gasteiger partial charge in [0.1, 0.15) is 0 Å². The Morgan fingerprint density at radius 2 is 2.33 bits per heavy atom. The van der Waals surface area contributed by atoms with Crippen LogP contribution in [-0.4, -0.2) is 22.8 Å². The van der Waals surface area contributed by atoms with Gasteiger partial charge in [-0.2, -0.15) is 0 Å². The Kier molecular flexibility index (Phi) is 4.56. The summed E-state index contributed by atoms with van der Waals surface area (Å²) in [6.07, 6.45) is 2.41. The minimum atomic E-state index is -0.124. The first-order valence-electron chi connectivity index (χ1n) is 4.98. The maximum absolute atomic E-state index is 11.6. The molecule has 0 radical (unpaired) electrons. The molecule has 15 heavy (non-hydrogen) atoms. The van der Waals surface area contributed by atoms with Gasteiger partial charge < -0.3 is 5.32 Å². The highest BCUT2D eigenvalue weighted by Gasteiger charge is 2.07. The molecule has 0 aliphatic carbocycles. The Bertz CT molecular complexity index is 324. The molecule has 82 valence electrons. The lowest BCUT2D eigenvalue weighted by atomic mass is 10.2. The van der Waals surface area contributed by atoms with Crippen LogP contribution < -0.4 is 5.32 Å². The fraction of sp³-hybridized carbons (Fsp3) is 0.455. The molecule has 1 N–H and O–H groups in total. The number of nitrogens with zero attached hydrogens (tertiary/aromatic N) is 1. The van der Waals surface area contributed by atoms with E-state index in [1.807, 2.05) is 19.9 Å². The number of rotatable bonds is 4. The van der Waals surface area contributed by atoms with Crippen LogP contribution in [0.5, 0.6) is 0 Å². The second kappa shape index (κ2) is 5.71. The van der Waals surface area contributed by atoms with Crippen LogP contribution in [0.3, 0.4) is 0 Å². The van der Waals surface area contributed by atoms with E-state index in [0.29, 0.717) is 12.1 Å². The minimum absolute atomic E-state index is 0.00708. The zero-order valence-corrected chi connectivity index (χ0v) is 9.71. The number of carbonyl (C=O) groups excluding carboxylic acids is 1. The summed E-state index contributed by atoms with van der Waals surface area (Å²) in [6, 6.07) is 3.57. The van der Waals surface area contributed by atoms with Gasteiger partial charge in [-0.05, 0) is 25.5 Å². The number of hydrogen-bond donors (Lipinski definition) is 1. The predicted octanol–water partition coefficient (Wildman–Crippen LogP) is 2.14. The fourth-order valence-electron chi connectivity index (χ4n) is 1.05. The van der Waals surface area contributed by atoms with Gasteiger partial charge in [-0.15, -0.1) is 11.6 Å². The van der Waals surface area contributed by atoms with Gasteiger partial charge in [-0.1, -0.05) is 6.92 Å². The van der Waals surface area contributed by atoms with Crippen molar-refractivity contribution in [2.45, 2.75) is 25.6 Å². The molecular weight excluding hydrogens is 212 g/mol. The highest BCUT2D eigenvalue weighted by molar-refractivity contribution is 6.20. The van der Waals surface area contributed by atoms with Crippen molar-refractivity contribution in [2.24, 2.45) is 0 Å². The number of halogens is 1. The van der Waals surface area contributed by atoms with Crippen LogP contribution in [0.1, 0.15) is 29.4 Å². The van der Waals surface area contributed by atoms with Gasteiger partial charge in [0.05, 0.1) is 10.9 Å². The zero-order valence-electron chi connectivity index (χ0n) is 8.96. The average Bonchev–Trinajstić information content (AvgIpc) is 2.26. The van der Waals surface area contributed by atoms with Crippen molar-refractivity contribution in [2.75, 3.05) is 6.54 Å². The van der Waals surface area contributed by atoms with E-state index in [9.17, 15) is 4.79 Å². The number of hydrogen-bond acceptors (Lipinski definition) is 2. The number of nitrogens with one attached hydrogen (secondary N) is 1. The molecule has 1 atom stereocenters. The van der Waals surface area contributed by atoms with E-state index < -0.39 is 0 Å². The number of aromatic nitrogens is 1. The second-order valence-corrected chi connectivity index (χ2v) is 4.02. The van der Waals surface area contributed by atoms with Crippen LogP contribution in [0.25, 0.3) is 0 Å². The monoisotopic (exact) mass is 226 g/mol. The maximum Gasteiger partial charge on any atom is 0.252 e. The molecule has 0 bridgehead atoms. The van der Waals surface area contributed by atoms with Crippen LogP contribution in [0.4, 0.5) is 0 Å². The summed E-state index contributed by atoms with van der Waals surface area (Å²) in [5, 5.41) is 2.75. The Morgan fingerprint density at radius 3 is 2.87 bits per heavy atom. The van der Waals surface area contributed by atoms with Crippen molar-refractivity contribution in [3.63, 3.8) is 0 Å². The lowest BCUT2D eigenvalue weighted by molar-refractivity contribution is 0.0953. The standard InChI is InChI=1S/C11H15ClN2O/c1-3-10(12)7-14-11(15)9-5-4-8(2)13-6-9/h4-6,10H,3,7H2,1-2H3,(H,14,15). The number of carbonyl (C=O) groups is 1. The third-order valence-corrected chi connectivity index (χ3v) is 2.56. The molecule has 3 nitrogen and oxygen atoms in total. The van der Waals surface area contributed by atoms with E-state index in [4.69, 9.17) is 11.6 Å². The summed E-state index contributed by atoms with van der Waals surface area (Å²) in [5.41, 5.74) is 1.47. The summed E-state index contributed by atoms with van der Waals surface area (Å²) < 4.78 is 0. The molecule has 0 aromatic carbocycles. The van der Waals surface area contributed by atoms with Crippen LogP contribution in [0.15, 0.2) is 18.3 Å². The molecule has 1 heterocycles. The molecule has 0 aliphatic heterocycles. The maximum atomic E-state index is 11.6. The summed E-state index contributed by atoms with van der Waals surface area (Å²) >= 11 is 5.89. The third kappa shape index (κ3) is 3.88. The van der Waals surface area contributed by atoms with Gasteiger partial charge in [-0.25, -0.2) is 0 Å². The van der Waals surface area contributed by atoms with E-state index in [1.165, 1.54) is 0 Å². The van der Waals surface area contributed by atoms with E-state index in [-0.39, 0.29) is 11.3 Å². The lowest BCUT2D eigenvalue weighted by Crippen LogP contribution is -2.29. The third-order valence-electron chi connectivity index (χ3n) is 2.10. The summed E-state index contributed by atoms with van der Waals surface area (Å²) in [5.74, 6) is -0.124.